The van der Waals surface area contributed by atoms with Gasteiger partial charge in [-0.1, -0.05) is 23.0 Å². The minimum atomic E-state index is -6.07. The summed E-state index contributed by atoms with van der Waals surface area (Å²) >= 11 is 0. The molecule has 12 aromatic rings. The molecule has 0 fully saturated rings. The van der Waals surface area contributed by atoms with E-state index in [9.17, 15) is 73.2 Å². The number of hydrogen-bond acceptors (Lipinski definition) is 27. The third kappa shape index (κ3) is 20.0. The molecule has 0 radical (unpaired) electrons. The quantitative estimate of drug-likeness (QED) is 0.0616. The number of methoxy groups -OCH3 is 4. The summed E-state index contributed by atoms with van der Waals surface area (Å²) in [6.07, 6.45) is 0. The summed E-state index contributed by atoms with van der Waals surface area (Å²) in [5.41, 5.74) is -7.55. The summed E-state index contributed by atoms with van der Waals surface area (Å²) in [6, 6.07) is 27.3. The van der Waals surface area contributed by atoms with Crippen LogP contribution in [0.25, 0.3) is 111 Å². The zero-order valence-electron chi connectivity index (χ0n) is 56.7. The number of ether oxygens (including phenoxy) is 4. The molecule has 0 aliphatic carbocycles. The SMILES string of the molecule is COc1ccc(-c2cc(=O)c3c([O-])cc(OP(=O)(O)Oc4cc([O-])c5c(=O)cc(-c6ccc(OC)cc6)oc5c4-c4cc(-c5cc(=O)c6c([O-])cc(OP(=O)([O-])[O-])cc6o5)ccc4OC)c(-c4cc(-c5cc(=O)c6c([O-])cc(OP(=O)([O-])[O-])cc6o5)ccc4OC)c3o2)cc1.[Na+].[Na+].[Na+].[Na+].[Na+].[Na+].[Na+].[Na+]. The predicted octanol–water partition coefficient (Wildman–Crippen LogP) is -17.6. The van der Waals surface area contributed by atoms with Gasteiger partial charge in [-0.15, -0.1) is 0 Å². The molecule has 0 amide bonds. The Hall–Kier alpha value is -3.31. The first-order valence-electron chi connectivity index (χ1n) is 27.1. The van der Waals surface area contributed by atoms with Crippen LogP contribution in [0, 0.1) is 0 Å². The molecule has 0 saturated heterocycles. The molecule has 0 unspecified atom stereocenters. The van der Waals surface area contributed by atoms with Crippen molar-refractivity contribution >= 4 is 67.3 Å². The van der Waals surface area contributed by atoms with Crippen LogP contribution in [-0.2, 0) is 13.7 Å². The smallest absolute Gasteiger partial charge is 0.872 e. The summed E-state index contributed by atoms with van der Waals surface area (Å²) in [5.74, 6) is -8.64. The van der Waals surface area contributed by atoms with Crippen LogP contribution in [0.1, 0.15) is 0 Å². The minimum Gasteiger partial charge on any atom is -0.872 e. The fourth-order valence-electron chi connectivity index (χ4n) is 10.5. The molecule has 8 aromatic carbocycles. The van der Waals surface area contributed by atoms with Crippen molar-refractivity contribution in [1.29, 1.82) is 0 Å². The minimum absolute atomic E-state index is 0. The Balaban J connectivity index is 0.00000281. The Kier molecular flexibility index (Phi) is 33.4. The van der Waals surface area contributed by atoms with Crippen LogP contribution < -0.4 is 335 Å². The Morgan fingerprint density at radius 1 is 0.330 bits per heavy atom. The normalized spacial score (nSPS) is 11.0. The second-order valence-electron chi connectivity index (χ2n) is 20.4. The molecule has 0 atom stereocenters. The molecular weight excluding hydrogens is 1490 g/mol. The van der Waals surface area contributed by atoms with Crippen LogP contribution in [0.2, 0.25) is 0 Å². The van der Waals surface area contributed by atoms with E-state index < -0.39 is 146 Å². The van der Waals surface area contributed by atoms with Crippen molar-refractivity contribution in [1.82, 2.24) is 0 Å². The van der Waals surface area contributed by atoms with E-state index in [4.69, 9.17) is 45.7 Å². The van der Waals surface area contributed by atoms with Crippen LogP contribution >= 0.6 is 23.5 Å². The number of phosphoric ester groups is 3. The molecule has 0 spiro atoms. The maximum absolute atomic E-state index is 15.3. The van der Waals surface area contributed by atoms with Gasteiger partial charge in [-0.25, -0.2) is 4.57 Å². The molecule has 1 N–H and O–H groups in total. The van der Waals surface area contributed by atoms with Crippen molar-refractivity contribution in [3.05, 3.63) is 186 Å². The molecule has 4 heterocycles. The fraction of sp³-hybridized carbons (Fsp3) is 0.0625. The van der Waals surface area contributed by atoms with Crippen molar-refractivity contribution in [2.45, 2.75) is 0 Å². The van der Waals surface area contributed by atoms with E-state index in [0.717, 1.165) is 36.4 Å². The molecule has 0 aliphatic rings. The van der Waals surface area contributed by atoms with Gasteiger partial charge in [0, 0.05) is 69.8 Å². The van der Waals surface area contributed by atoms with Gasteiger partial charge in [0.25, 0.3) is 0 Å². The Morgan fingerprint density at radius 2 is 0.631 bits per heavy atom. The van der Waals surface area contributed by atoms with Crippen molar-refractivity contribution in [2.24, 2.45) is 0 Å². The van der Waals surface area contributed by atoms with Gasteiger partial charge >= 0.3 is 244 Å². The molecule has 39 heteroatoms. The Morgan fingerprint density at radius 3 is 0.942 bits per heavy atom. The summed E-state index contributed by atoms with van der Waals surface area (Å²) in [4.78, 5) is 114. The van der Waals surface area contributed by atoms with Crippen LogP contribution in [0.5, 0.6) is 69.0 Å². The van der Waals surface area contributed by atoms with Crippen molar-refractivity contribution < 1.29 is 350 Å². The van der Waals surface area contributed by atoms with Crippen molar-refractivity contribution in [3.8, 4) is 137 Å². The average Bonchev–Trinajstić information content (AvgIpc) is 0.744. The number of benzene rings is 8. The standard InChI is InChI=1S/C64H45O28P3.8Na/c1-81-33-11-5-29(6-12-33)49-25-43(69)61-45(71)27-55(57(63(61)87-49)37-17-31(9-15-47(37)83-3)51-23-41(67)59-39(65)19-35(21-53(59)85-51)89-93(73,74)75)91-95(79,80)92-56-28-46(72)62-44(70)26-50(30-7-13-34(82-2)14-8-30)88-64(62)58(56)38-18-32(10-16-48(38)84-4)52-24-42(68)60-40(66)20-36(22-54(60)86-52)90-94(76,77)78;;;;;;;;/h5-28,65-66,71-72H,1-4H3,(H,79,80)(H2,73,74,75)(H2,76,77,78);;;;;;;;/q;8*+1/p-8. The molecule has 0 bridgehead atoms. The average molecular weight is 1530 g/mol. The van der Waals surface area contributed by atoms with E-state index in [1.54, 1.807) is 0 Å². The van der Waals surface area contributed by atoms with Crippen LogP contribution in [0.15, 0.2) is 182 Å². The van der Waals surface area contributed by atoms with E-state index in [2.05, 4.69) is 9.05 Å². The van der Waals surface area contributed by atoms with Crippen molar-refractivity contribution in [3.63, 3.8) is 0 Å². The second-order valence-corrected chi connectivity index (χ2v) is 23.9. The summed E-state index contributed by atoms with van der Waals surface area (Å²) in [6.45, 7) is 0. The van der Waals surface area contributed by atoms with Gasteiger partial charge in [0.1, 0.15) is 107 Å². The van der Waals surface area contributed by atoms with E-state index in [-0.39, 0.29) is 304 Å². The Bertz CT molecular complexity index is 5270. The van der Waals surface area contributed by atoms with Gasteiger partial charge in [-0.3, -0.25) is 24.1 Å². The van der Waals surface area contributed by atoms with Gasteiger partial charge in [0.2, 0.25) is 0 Å². The monoisotopic (exact) mass is 1530 g/mol. The topological polar surface area (TPSA) is 451 Å². The molecule has 103 heavy (non-hydrogen) atoms. The third-order valence-corrected chi connectivity index (χ3v) is 16.2. The van der Waals surface area contributed by atoms with E-state index in [0.29, 0.717) is 35.8 Å². The molecule has 0 saturated carbocycles. The summed E-state index contributed by atoms with van der Waals surface area (Å²) < 4.78 is 106. The van der Waals surface area contributed by atoms with E-state index in [1.807, 2.05) is 0 Å². The van der Waals surface area contributed by atoms with E-state index in [1.165, 1.54) is 113 Å². The van der Waals surface area contributed by atoms with Gasteiger partial charge in [-0.2, -0.15) is 0 Å². The number of fused-ring (bicyclic) bond motifs is 4. The number of phosphoric acid groups is 3. The van der Waals surface area contributed by atoms with E-state index >= 15 is 4.57 Å². The molecule has 12 rings (SSSR count). The largest absolute Gasteiger partial charge is 1.00 e. The van der Waals surface area contributed by atoms with Crippen LogP contribution in [-0.4, -0.2) is 33.3 Å². The van der Waals surface area contributed by atoms with Gasteiger partial charge in [-0.05, 0) is 109 Å². The summed E-state index contributed by atoms with van der Waals surface area (Å²) in [7, 11) is -12.4. The fourth-order valence-corrected chi connectivity index (χ4v) is 12.0. The van der Waals surface area contributed by atoms with Crippen molar-refractivity contribution in [2.75, 3.05) is 28.4 Å². The number of hydrogen-bond donors (Lipinski definition) is 1. The first-order chi connectivity index (χ1) is 45.1. The maximum atomic E-state index is 15.3. The summed E-state index contributed by atoms with van der Waals surface area (Å²) in [5, 5.41) is 52.5. The zero-order chi connectivity index (χ0) is 67.7. The van der Waals surface area contributed by atoms with Crippen LogP contribution in [0.4, 0.5) is 0 Å². The zero-order valence-corrected chi connectivity index (χ0v) is 75.4. The number of rotatable bonds is 18. The molecule has 28 nitrogen and oxygen atoms in total. The predicted molar refractivity (Wildman–Crippen MR) is 321 cm³/mol. The van der Waals surface area contributed by atoms with Gasteiger partial charge < -0.3 is 104 Å². The molecule has 0 aliphatic heterocycles. The molecular formula is C64H37Na8O28P3. The molecule has 4 aromatic heterocycles. The Labute approximate surface area is 757 Å². The first-order valence-corrected chi connectivity index (χ1v) is 31.5. The first kappa shape index (κ1) is 92.1. The van der Waals surface area contributed by atoms with Crippen LogP contribution in [0.3, 0.4) is 0 Å². The third-order valence-electron chi connectivity index (χ3n) is 14.5. The molecule has 484 valence electrons. The van der Waals surface area contributed by atoms with Gasteiger partial charge in [0.05, 0.1) is 61.1 Å². The van der Waals surface area contributed by atoms with Gasteiger partial charge in [0.15, 0.2) is 21.7 Å². The second kappa shape index (κ2) is 37.4. The maximum Gasteiger partial charge on any atom is 1.00 e.